The van der Waals surface area contributed by atoms with Crippen molar-refractivity contribution in [3.05, 3.63) is 29.8 Å². The Morgan fingerprint density at radius 2 is 1.67 bits per heavy atom. The molecule has 18 heavy (non-hydrogen) atoms. The molecule has 0 N–H and O–H groups in total. The summed E-state index contributed by atoms with van der Waals surface area (Å²) in [7, 11) is -3.63. The molecule has 0 amide bonds. The van der Waals surface area contributed by atoms with Crippen molar-refractivity contribution in [3.8, 4) is 0 Å². The molecule has 0 spiro atoms. The van der Waals surface area contributed by atoms with Crippen LogP contribution in [-0.4, -0.2) is 15.0 Å². The highest BCUT2D eigenvalue weighted by atomic mass is 32.2. The molecule has 1 atom stereocenters. The Labute approximate surface area is 110 Å². The second-order valence-corrected chi connectivity index (χ2v) is 7.43. The highest BCUT2D eigenvalue weighted by molar-refractivity contribution is 7.86. The van der Waals surface area contributed by atoms with Gasteiger partial charge in [-0.15, -0.1) is 0 Å². The quantitative estimate of drug-likeness (QED) is 0.788. The van der Waals surface area contributed by atoms with Gasteiger partial charge in [0.2, 0.25) is 0 Å². The van der Waals surface area contributed by atoms with Gasteiger partial charge >= 0.3 is 0 Å². The number of hydrogen-bond acceptors (Lipinski definition) is 3. The Morgan fingerprint density at radius 3 is 2.11 bits per heavy atom. The van der Waals surface area contributed by atoms with Gasteiger partial charge in [-0.1, -0.05) is 45.4 Å². The number of hydrogen-bond donors (Lipinski definition) is 0. The maximum Gasteiger partial charge on any atom is 0.296 e. The summed E-state index contributed by atoms with van der Waals surface area (Å²) in [5.74, 6) is 0.165. The molecule has 1 rings (SSSR count). The average molecular weight is 270 g/mol. The lowest BCUT2D eigenvalue weighted by Crippen LogP contribution is -2.24. The van der Waals surface area contributed by atoms with Crippen LogP contribution < -0.4 is 0 Å². The third kappa shape index (κ3) is 4.10. The van der Waals surface area contributed by atoms with E-state index in [0.717, 1.165) is 5.56 Å². The van der Waals surface area contributed by atoms with Crippen LogP contribution in [0.25, 0.3) is 0 Å². The molecule has 0 aliphatic rings. The van der Waals surface area contributed by atoms with Gasteiger partial charge in [0.05, 0.1) is 11.5 Å². The van der Waals surface area contributed by atoms with Crippen molar-refractivity contribution < 1.29 is 12.6 Å². The zero-order chi connectivity index (χ0) is 14.0. The first-order valence-electron chi connectivity index (χ1n) is 6.09. The van der Waals surface area contributed by atoms with Crippen molar-refractivity contribution in [2.75, 3.05) is 6.61 Å². The number of aryl methyl sites for hydroxylation is 1. The smallest absolute Gasteiger partial charge is 0.266 e. The molecule has 0 unspecified atom stereocenters. The summed E-state index contributed by atoms with van der Waals surface area (Å²) in [6.45, 7) is 10.3. The monoisotopic (exact) mass is 270 g/mol. The minimum absolute atomic E-state index is 0.0306. The van der Waals surface area contributed by atoms with Gasteiger partial charge in [-0.25, -0.2) is 0 Å². The van der Waals surface area contributed by atoms with E-state index >= 15 is 0 Å². The molecule has 1 aromatic rings. The maximum absolute atomic E-state index is 12.0. The predicted octanol–water partition coefficient (Wildman–Crippen LogP) is 3.38. The summed E-state index contributed by atoms with van der Waals surface area (Å²) in [5.41, 5.74) is 1.06. The van der Waals surface area contributed by atoms with E-state index in [1.165, 1.54) is 0 Å². The highest BCUT2D eigenvalue weighted by Crippen LogP contribution is 2.26. The molecule has 3 nitrogen and oxygen atoms in total. The highest BCUT2D eigenvalue weighted by Gasteiger charge is 2.23. The first-order chi connectivity index (χ1) is 8.13. The second kappa shape index (κ2) is 5.41. The Morgan fingerprint density at radius 1 is 1.17 bits per heavy atom. The van der Waals surface area contributed by atoms with Gasteiger partial charge < -0.3 is 0 Å². The molecule has 0 saturated heterocycles. The number of rotatable bonds is 4. The van der Waals surface area contributed by atoms with Crippen molar-refractivity contribution in [2.45, 2.75) is 39.5 Å². The van der Waals surface area contributed by atoms with Gasteiger partial charge in [-0.05, 0) is 30.4 Å². The van der Waals surface area contributed by atoms with E-state index < -0.39 is 10.1 Å². The van der Waals surface area contributed by atoms with E-state index in [9.17, 15) is 8.42 Å². The molecule has 0 aliphatic carbocycles. The molecule has 0 aromatic heterocycles. The first-order valence-corrected chi connectivity index (χ1v) is 7.50. The molecule has 102 valence electrons. The Balaban J connectivity index is 2.75. The minimum Gasteiger partial charge on any atom is -0.266 e. The zero-order valence-electron chi connectivity index (χ0n) is 11.7. The molecular formula is C14H22O3S. The summed E-state index contributed by atoms with van der Waals surface area (Å²) in [6, 6.07) is 6.69. The third-order valence-electron chi connectivity index (χ3n) is 3.26. The molecule has 0 aliphatic heterocycles. The molecule has 0 bridgehead atoms. The molecule has 0 saturated carbocycles. The van der Waals surface area contributed by atoms with Gasteiger partial charge in [0.1, 0.15) is 0 Å². The van der Waals surface area contributed by atoms with Crippen molar-refractivity contribution in [1.29, 1.82) is 0 Å². The lowest BCUT2D eigenvalue weighted by atomic mass is 9.83. The Hall–Kier alpha value is -0.870. The van der Waals surface area contributed by atoms with Crippen molar-refractivity contribution in [3.63, 3.8) is 0 Å². The Bertz CT molecular complexity index is 481. The first kappa shape index (κ1) is 15.2. The van der Waals surface area contributed by atoms with Gasteiger partial charge in [-0.2, -0.15) is 8.42 Å². The molecule has 0 radical (unpaired) electrons. The topological polar surface area (TPSA) is 43.4 Å². The maximum atomic E-state index is 12.0. The fraction of sp³-hybridized carbons (Fsp3) is 0.571. The van der Waals surface area contributed by atoms with E-state index in [-0.39, 0.29) is 22.8 Å². The molecule has 0 fully saturated rings. The fourth-order valence-electron chi connectivity index (χ4n) is 1.21. The summed E-state index contributed by atoms with van der Waals surface area (Å²) < 4.78 is 29.0. The van der Waals surface area contributed by atoms with E-state index in [4.69, 9.17) is 4.18 Å². The molecule has 4 heteroatoms. The van der Waals surface area contributed by atoms with Crippen LogP contribution in [0, 0.1) is 18.3 Å². The summed E-state index contributed by atoms with van der Waals surface area (Å²) >= 11 is 0. The van der Waals surface area contributed by atoms with Crippen molar-refractivity contribution >= 4 is 10.1 Å². The normalized spacial score (nSPS) is 14.5. The van der Waals surface area contributed by atoms with Crippen LogP contribution in [0.5, 0.6) is 0 Å². The second-order valence-electron chi connectivity index (χ2n) is 5.82. The van der Waals surface area contributed by atoms with Crippen LogP contribution in [-0.2, 0) is 14.3 Å². The van der Waals surface area contributed by atoms with Crippen LogP contribution in [0.3, 0.4) is 0 Å². The van der Waals surface area contributed by atoms with Gasteiger partial charge in [0.15, 0.2) is 0 Å². The summed E-state index contributed by atoms with van der Waals surface area (Å²) in [6.07, 6.45) is 0. The van der Waals surface area contributed by atoms with Crippen molar-refractivity contribution in [1.82, 2.24) is 0 Å². The number of benzene rings is 1. The molecule has 1 aromatic carbocycles. The van der Waals surface area contributed by atoms with Gasteiger partial charge in [0.25, 0.3) is 10.1 Å². The van der Waals surface area contributed by atoms with Crippen LogP contribution in [0.4, 0.5) is 0 Å². The molecule has 0 heterocycles. The van der Waals surface area contributed by atoms with E-state index in [2.05, 4.69) is 20.8 Å². The van der Waals surface area contributed by atoms with Crippen LogP contribution in [0.15, 0.2) is 29.2 Å². The van der Waals surface area contributed by atoms with E-state index in [1.54, 1.807) is 24.3 Å². The Kier molecular flexibility index (Phi) is 4.56. The van der Waals surface area contributed by atoms with Crippen LogP contribution in [0.2, 0.25) is 0 Å². The SMILES string of the molecule is Cc1ccc(S(=O)(=O)OC[C@@H](C)C(C)(C)C)cc1. The minimum atomic E-state index is -3.63. The lowest BCUT2D eigenvalue weighted by Gasteiger charge is -2.26. The van der Waals surface area contributed by atoms with Crippen molar-refractivity contribution in [2.24, 2.45) is 11.3 Å². The zero-order valence-corrected chi connectivity index (χ0v) is 12.5. The fourth-order valence-corrected chi connectivity index (χ4v) is 2.20. The van der Waals surface area contributed by atoms with Crippen LogP contribution in [0.1, 0.15) is 33.3 Å². The summed E-state index contributed by atoms with van der Waals surface area (Å²) in [5, 5.41) is 0. The third-order valence-corrected chi connectivity index (χ3v) is 4.56. The standard InChI is InChI=1S/C14H22O3S/c1-11-6-8-13(9-7-11)18(15,16)17-10-12(2)14(3,4)5/h6-9,12H,10H2,1-5H3/t12-/m1/s1. The van der Waals surface area contributed by atoms with E-state index in [1.807, 2.05) is 13.8 Å². The average Bonchev–Trinajstić information content (AvgIpc) is 2.25. The van der Waals surface area contributed by atoms with Gasteiger partial charge in [-0.3, -0.25) is 4.18 Å². The van der Waals surface area contributed by atoms with E-state index in [0.29, 0.717) is 0 Å². The molecular weight excluding hydrogens is 248 g/mol. The van der Waals surface area contributed by atoms with Crippen LogP contribution >= 0.6 is 0 Å². The summed E-state index contributed by atoms with van der Waals surface area (Å²) in [4.78, 5) is 0.217. The predicted molar refractivity (Wildman–Crippen MR) is 72.9 cm³/mol. The van der Waals surface area contributed by atoms with Gasteiger partial charge in [0, 0.05) is 0 Å². The largest absolute Gasteiger partial charge is 0.296 e. The lowest BCUT2D eigenvalue weighted by molar-refractivity contribution is 0.165.